The zero-order valence-corrected chi connectivity index (χ0v) is 24.5. The number of benzene rings is 3. The lowest BCUT2D eigenvalue weighted by Gasteiger charge is -2.31. The number of ketones is 1. The molecule has 6 rings (SSSR count). The number of hydrogen-bond donors (Lipinski definition) is 1. The fourth-order valence-electron chi connectivity index (χ4n) is 5.96. The lowest BCUT2D eigenvalue weighted by atomic mass is 9.94. The normalized spacial score (nSPS) is 21.5. The molecule has 0 spiro atoms. The molecule has 0 aromatic heterocycles. The van der Waals surface area contributed by atoms with Gasteiger partial charge >= 0.3 is 0 Å². The number of fused-ring (bicyclic) bond motifs is 1. The Balaban J connectivity index is 1.36. The van der Waals surface area contributed by atoms with Crippen molar-refractivity contribution in [3.8, 4) is 17.2 Å². The molecule has 2 saturated heterocycles. The summed E-state index contributed by atoms with van der Waals surface area (Å²) in [7, 11) is 1.55. The van der Waals surface area contributed by atoms with Crippen LogP contribution in [-0.2, 0) is 27.4 Å². The molecule has 224 valence electrons. The standard InChI is InChI=1S/C34H36N2O7/c1-22-18-26-19-25(9-10-27(26)43-22)32(37)30-31(36(34(39)33(30)38)13-12-35-14-16-41-17-15-35)24-8-11-28(29(20-24)40-2)42-21-23-6-4-3-5-7-23/h3-11,19-20,22,31,37H,12-18,21H2,1-2H3/b32-30+. The highest BCUT2D eigenvalue weighted by atomic mass is 16.5. The van der Waals surface area contributed by atoms with Crippen LogP contribution in [0.15, 0.2) is 72.3 Å². The first-order chi connectivity index (χ1) is 20.9. The van der Waals surface area contributed by atoms with Gasteiger partial charge in [0.2, 0.25) is 0 Å². The molecule has 3 aliphatic heterocycles. The zero-order valence-electron chi connectivity index (χ0n) is 24.5. The first-order valence-corrected chi connectivity index (χ1v) is 14.7. The maximum absolute atomic E-state index is 13.6. The molecule has 3 aliphatic rings. The monoisotopic (exact) mass is 584 g/mol. The van der Waals surface area contributed by atoms with Crippen molar-refractivity contribution in [1.29, 1.82) is 0 Å². The van der Waals surface area contributed by atoms with Crippen LogP contribution in [0.25, 0.3) is 5.76 Å². The second-order valence-electron chi connectivity index (χ2n) is 11.1. The van der Waals surface area contributed by atoms with E-state index in [1.807, 2.05) is 49.4 Å². The summed E-state index contributed by atoms with van der Waals surface area (Å²) < 4.78 is 23.0. The molecule has 9 nitrogen and oxygen atoms in total. The summed E-state index contributed by atoms with van der Waals surface area (Å²) in [5.74, 6) is 0.216. The minimum absolute atomic E-state index is 0.0354. The maximum Gasteiger partial charge on any atom is 0.295 e. The molecule has 2 fully saturated rings. The molecule has 1 amide bonds. The summed E-state index contributed by atoms with van der Waals surface area (Å²) in [5, 5.41) is 11.6. The van der Waals surface area contributed by atoms with E-state index in [-0.39, 0.29) is 17.4 Å². The summed E-state index contributed by atoms with van der Waals surface area (Å²) in [6, 6.07) is 19.8. The number of Topliss-reactive ketones (excluding diaryl/α,β-unsaturated/α-hetero) is 1. The number of nitrogens with zero attached hydrogens (tertiary/aromatic N) is 2. The van der Waals surface area contributed by atoms with Crippen LogP contribution in [0.1, 0.15) is 35.2 Å². The van der Waals surface area contributed by atoms with Gasteiger partial charge in [0.05, 0.1) is 31.9 Å². The Morgan fingerprint density at radius 1 is 0.977 bits per heavy atom. The van der Waals surface area contributed by atoms with Crippen molar-refractivity contribution in [3.05, 3.63) is 94.6 Å². The third-order valence-corrected chi connectivity index (χ3v) is 8.21. The molecule has 2 unspecified atom stereocenters. The van der Waals surface area contributed by atoms with E-state index < -0.39 is 17.7 Å². The third-order valence-electron chi connectivity index (χ3n) is 8.21. The highest BCUT2D eigenvalue weighted by Crippen LogP contribution is 2.43. The average molecular weight is 585 g/mol. The van der Waals surface area contributed by atoms with Crippen molar-refractivity contribution in [1.82, 2.24) is 9.80 Å². The Labute approximate surface area is 251 Å². The number of rotatable bonds is 9. The Morgan fingerprint density at radius 2 is 1.77 bits per heavy atom. The minimum Gasteiger partial charge on any atom is -0.507 e. The van der Waals surface area contributed by atoms with Crippen molar-refractivity contribution < 1.29 is 33.6 Å². The van der Waals surface area contributed by atoms with E-state index in [0.29, 0.717) is 62.0 Å². The number of aliphatic hydroxyl groups is 1. The summed E-state index contributed by atoms with van der Waals surface area (Å²) in [4.78, 5) is 30.9. The van der Waals surface area contributed by atoms with Crippen molar-refractivity contribution in [3.63, 3.8) is 0 Å². The Morgan fingerprint density at radius 3 is 2.53 bits per heavy atom. The predicted octanol–water partition coefficient (Wildman–Crippen LogP) is 4.35. The molecule has 3 aromatic rings. The fraction of sp³-hybridized carbons (Fsp3) is 0.353. The van der Waals surface area contributed by atoms with Crippen molar-refractivity contribution in [2.45, 2.75) is 32.1 Å². The number of methoxy groups -OCH3 is 1. The predicted molar refractivity (Wildman–Crippen MR) is 160 cm³/mol. The first-order valence-electron chi connectivity index (χ1n) is 14.7. The summed E-state index contributed by atoms with van der Waals surface area (Å²) in [6.45, 7) is 6.01. The van der Waals surface area contributed by atoms with E-state index in [0.717, 1.165) is 30.0 Å². The number of ether oxygens (including phenoxy) is 4. The number of likely N-dealkylation sites (tertiary alicyclic amines) is 1. The number of hydrogen-bond acceptors (Lipinski definition) is 8. The van der Waals surface area contributed by atoms with Crippen LogP contribution in [0, 0.1) is 0 Å². The second-order valence-corrected chi connectivity index (χ2v) is 11.1. The van der Waals surface area contributed by atoms with Crippen LogP contribution in [0.2, 0.25) is 0 Å². The Hall–Kier alpha value is -4.34. The fourth-order valence-corrected chi connectivity index (χ4v) is 5.96. The summed E-state index contributed by atoms with van der Waals surface area (Å²) >= 11 is 0. The van der Waals surface area contributed by atoms with E-state index in [1.165, 1.54) is 0 Å². The van der Waals surface area contributed by atoms with Gasteiger partial charge in [0.1, 0.15) is 24.2 Å². The second kappa shape index (κ2) is 12.5. The Bertz CT molecular complexity index is 1530. The molecule has 0 bridgehead atoms. The highest BCUT2D eigenvalue weighted by molar-refractivity contribution is 6.46. The van der Waals surface area contributed by atoms with Gasteiger partial charge in [0.25, 0.3) is 11.7 Å². The lowest BCUT2D eigenvalue weighted by molar-refractivity contribution is -0.140. The van der Waals surface area contributed by atoms with Gasteiger partial charge in [-0.1, -0.05) is 36.4 Å². The largest absolute Gasteiger partial charge is 0.507 e. The van der Waals surface area contributed by atoms with Gasteiger partial charge in [0.15, 0.2) is 11.5 Å². The topological polar surface area (TPSA) is 97.8 Å². The number of carbonyl (C=O) groups is 2. The number of carbonyl (C=O) groups excluding carboxylic acids is 2. The van der Waals surface area contributed by atoms with E-state index in [4.69, 9.17) is 18.9 Å². The first kappa shape index (κ1) is 28.8. The van der Waals surface area contributed by atoms with Gasteiger partial charge in [-0.05, 0) is 53.9 Å². The van der Waals surface area contributed by atoms with Gasteiger partial charge in [0, 0.05) is 38.2 Å². The van der Waals surface area contributed by atoms with E-state index in [2.05, 4.69) is 4.90 Å². The van der Waals surface area contributed by atoms with Crippen LogP contribution in [0.4, 0.5) is 0 Å². The Kier molecular flexibility index (Phi) is 8.35. The van der Waals surface area contributed by atoms with Crippen molar-refractivity contribution in [2.75, 3.05) is 46.5 Å². The van der Waals surface area contributed by atoms with E-state index in [9.17, 15) is 14.7 Å². The van der Waals surface area contributed by atoms with Gasteiger partial charge in [-0.25, -0.2) is 0 Å². The highest BCUT2D eigenvalue weighted by Gasteiger charge is 2.46. The lowest BCUT2D eigenvalue weighted by Crippen LogP contribution is -2.42. The van der Waals surface area contributed by atoms with Crippen LogP contribution in [0.5, 0.6) is 17.2 Å². The molecule has 3 aromatic carbocycles. The third kappa shape index (κ3) is 5.96. The van der Waals surface area contributed by atoms with Crippen molar-refractivity contribution in [2.24, 2.45) is 0 Å². The van der Waals surface area contributed by atoms with Gasteiger partial charge < -0.3 is 29.0 Å². The van der Waals surface area contributed by atoms with Crippen LogP contribution in [0.3, 0.4) is 0 Å². The average Bonchev–Trinajstić information content (AvgIpc) is 3.54. The van der Waals surface area contributed by atoms with Gasteiger partial charge in [-0.15, -0.1) is 0 Å². The van der Waals surface area contributed by atoms with E-state index >= 15 is 0 Å². The quantitative estimate of drug-likeness (QED) is 0.225. The zero-order chi connectivity index (χ0) is 29.9. The number of amides is 1. The SMILES string of the molecule is COc1cc(C2/C(=C(\O)c3ccc4c(c3)CC(C)O4)C(=O)C(=O)N2CCN2CCOCC2)ccc1OCc1ccccc1. The molecule has 0 aliphatic carbocycles. The molecular weight excluding hydrogens is 548 g/mol. The van der Waals surface area contributed by atoms with Gasteiger partial charge in [-0.3, -0.25) is 14.5 Å². The maximum atomic E-state index is 13.6. The van der Waals surface area contributed by atoms with Gasteiger partial charge in [-0.2, -0.15) is 0 Å². The molecule has 1 N–H and O–H groups in total. The summed E-state index contributed by atoms with van der Waals surface area (Å²) in [5.41, 5.74) is 3.14. The number of aliphatic hydroxyl groups excluding tert-OH is 1. The number of morpholine rings is 1. The van der Waals surface area contributed by atoms with Crippen LogP contribution < -0.4 is 14.2 Å². The molecule has 3 heterocycles. The molecule has 0 radical (unpaired) electrons. The molecule has 43 heavy (non-hydrogen) atoms. The minimum atomic E-state index is -0.804. The molecule has 2 atom stereocenters. The smallest absolute Gasteiger partial charge is 0.295 e. The molecule has 9 heteroatoms. The van der Waals surface area contributed by atoms with E-state index in [1.54, 1.807) is 36.3 Å². The van der Waals surface area contributed by atoms with Crippen LogP contribution >= 0.6 is 0 Å². The molecular formula is C34H36N2O7. The van der Waals surface area contributed by atoms with Crippen molar-refractivity contribution >= 4 is 17.4 Å². The van der Waals surface area contributed by atoms with Crippen LogP contribution in [-0.4, -0.2) is 79.2 Å². The summed E-state index contributed by atoms with van der Waals surface area (Å²) in [6.07, 6.45) is 0.739. The molecule has 0 saturated carbocycles.